The normalized spacial score (nSPS) is 12.8. The molecule has 0 aliphatic rings. The molecule has 0 fully saturated rings. The van der Waals surface area contributed by atoms with Crippen LogP contribution in [0.15, 0.2) is 77.3 Å². The van der Waals surface area contributed by atoms with Crippen LogP contribution in [0.2, 0.25) is 0 Å². The van der Waals surface area contributed by atoms with Crippen LogP contribution in [0.1, 0.15) is 35.2 Å². The first kappa shape index (κ1) is 24.0. The molecule has 1 N–H and O–H groups in total. The van der Waals surface area contributed by atoms with E-state index in [4.69, 9.17) is 13.9 Å². The number of carbonyl (C=O) groups is 1. The number of aromatic nitrogens is 4. The Labute approximate surface area is 211 Å². The van der Waals surface area contributed by atoms with Crippen LogP contribution in [0.3, 0.4) is 0 Å². The summed E-state index contributed by atoms with van der Waals surface area (Å²) < 4.78 is 32.1. The smallest absolute Gasteiger partial charge is 0.309 e. The van der Waals surface area contributed by atoms with Crippen molar-refractivity contribution < 1.29 is 23.1 Å². The van der Waals surface area contributed by atoms with E-state index in [1.165, 1.54) is 12.1 Å². The Morgan fingerprint density at radius 1 is 1.05 bits per heavy atom. The fourth-order valence-corrected chi connectivity index (χ4v) is 4.03. The van der Waals surface area contributed by atoms with Crippen molar-refractivity contribution in [3.63, 3.8) is 0 Å². The Kier molecular flexibility index (Phi) is 6.55. The Balaban J connectivity index is 1.44. The highest BCUT2D eigenvalue weighted by Crippen LogP contribution is 2.30. The standard InChI is InChI=1S/C27H24FN5O4/c1-16(30-26(34)27-32-31-17(2)36-27)25(18-5-4-6-22(13-18)35-3)37-23-11-12-24-19(14-23)15-29-33(24)21-9-7-20(28)8-10-21/h4-16,25H,1-3H3,(H,30,34)/t16-,25-/m0/s1. The lowest BCUT2D eigenvalue weighted by molar-refractivity contribution is 0.0846. The maximum Gasteiger partial charge on any atom is 0.309 e. The van der Waals surface area contributed by atoms with Crippen molar-refractivity contribution in [1.82, 2.24) is 25.3 Å². The number of rotatable bonds is 8. The summed E-state index contributed by atoms with van der Waals surface area (Å²) in [7, 11) is 1.59. The quantitative estimate of drug-likeness (QED) is 0.326. The summed E-state index contributed by atoms with van der Waals surface area (Å²) in [6, 6.07) is 18.7. The second kappa shape index (κ2) is 10.1. The number of benzene rings is 3. The van der Waals surface area contributed by atoms with Gasteiger partial charge in [-0.2, -0.15) is 5.10 Å². The largest absolute Gasteiger partial charge is 0.497 e. The lowest BCUT2D eigenvalue weighted by Gasteiger charge is -2.26. The highest BCUT2D eigenvalue weighted by molar-refractivity contribution is 5.89. The van der Waals surface area contributed by atoms with Crippen molar-refractivity contribution >= 4 is 16.8 Å². The second-order valence-corrected chi connectivity index (χ2v) is 8.46. The summed E-state index contributed by atoms with van der Waals surface area (Å²) >= 11 is 0. The van der Waals surface area contributed by atoms with E-state index < -0.39 is 18.1 Å². The number of hydrogen-bond donors (Lipinski definition) is 1. The van der Waals surface area contributed by atoms with E-state index >= 15 is 0 Å². The van der Waals surface area contributed by atoms with Crippen LogP contribution in [0.5, 0.6) is 11.5 Å². The third kappa shape index (κ3) is 5.13. The summed E-state index contributed by atoms with van der Waals surface area (Å²) in [5, 5.41) is 15.7. The minimum atomic E-state index is -0.576. The Bertz CT molecular complexity index is 1550. The van der Waals surface area contributed by atoms with E-state index in [1.54, 1.807) is 37.0 Å². The van der Waals surface area contributed by atoms with Crippen LogP contribution in [0, 0.1) is 12.7 Å². The van der Waals surface area contributed by atoms with E-state index in [2.05, 4.69) is 20.6 Å². The lowest BCUT2D eigenvalue weighted by Crippen LogP contribution is -2.39. The van der Waals surface area contributed by atoms with Gasteiger partial charge in [0.2, 0.25) is 5.89 Å². The fourth-order valence-electron chi connectivity index (χ4n) is 4.03. The van der Waals surface area contributed by atoms with Crippen molar-refractivity contribution in [2.45, 2.75) is 26.0 Å². The number of methoxy groups -OCH3 is 1. The van der Waals surface area contributed by atoms with Gasteiger partial charge in [0, 0.05) is 12.3 Å². The summed E-state index contributed by atoms with van der Waals surface area (Å²) in [6.07, 6.45) is 1.14. The fraction of sp³-hybridized carbons (Fsp3) is 0.185. The van der Waals surface area contributed by atoms with Crippen LogP contribution in [0.25, 0.3) is 16.6 Å². The molecule has 9 nitrogen and oxygen atoms in total. The number of ether oxygens (including phenoxy) is 2. The van der Waals surface area contributed by atoms with Gasteiger partial charge in [0.05, 0.1) is 30.6 Å². The maximum absolute atomic E-state index is 13.4. The van der Waals surface area contributed by atoms with E-state index in [-0.39, 0.29) is 11.7 Å². The van der Waals surface area contributed by atoms with Gasteiger partial charge >= 0.3 is 11.8 Å². The van der Waals surface area contributed by atoms with Crippen molar-refractivity contribution in [2.24, 2.45) is 0 Å². The Hall–Kier alpha value is -4.73. The molecule has 2 heterocycles. The molecule has 3 aromatic carbocycles. The predicted octanol–water partition coefficient (Wildman–Crippen LogP) is 4.80. The summed E-state index contributed by atoms with van der Waals surface area (Å²) in [5.41, 5.74) is 2.38. The van der Waals surface area contributed by atoms with Crippen molar-refractivity contribution in [1.29, 1.82) is 0 Å². The van der Waals surface area contributed by atoms with E-state index in [1.807, 2.05) is 49.4 Å². The zero-order chi connectivity index (χ0) is 25.9. The highest BCUT2D eigenvalue weighted by atomic mass is 19.1. The molecular weight excluding hydrogens is 477 g/mol. The number of aryl methyl sites for hydroxylation is 1. The monoisotopic (exact) mass is 501 g/mol. The molecule has 2 atom stereocenters. The number of carbonyl (C=O) groups excluding carboxylic acids is 1. The van der Waals surface area contributed by atoms with Crippen LogP contribution in [-0.2, 0) is 0 Å². The van der Waals surface area contributed by atoms with Crippen molar-refractivity contribution in [2.75, 3.05) is 7.11 Å². The molecule has 0 bridgehead atoms. The zero-order valence-corrected chi connectivity index (χ0v) is 20.4. The van der Waals surface area contributed by atoms with Crippen LogP contribution < -0.4 is 14.8 Å². The predicted molar refractivity (Wildman–Crippen MR) is 133 cm³/mol. The van der Waals surface area contributed by atoms with E-state index in [9.17, 15) is 9.18 Å². The van der Waals surface area contributed by atoms with Gasteiger partial charge < -0.3 is 19.2 Å². The Morgan fingerprint density at radius 2 is 1.86 bits per heavy atom. The summed E-state index contributed by atoms with van der Waals surface area (Å²) in [5.74, 6) is 0.605. The third-order valence-electron chi connectivity index (χ3n) is 5.83. The summed E-state index contributed by atoms with van der Waals surface area (Å²) in [4.78, 5) is 12.7. The van der Waals surface area contributed by atoms with Crippen LogP contribution >= 0.6 is 0 Å². The minimum absolute atomic E-state index is 0.122. The maximum atomic E-state index is 13.4. The minimum Gasteiger partial charge on any atom is -0.497 e. The molecule has 1 amide bonds. The zero-order valence-electron chi connectivity index (χ0n) is 20.4. The molecule has 0 aliphatic carbocycles. The molecule has 5 rings (SSSR count). The molecule has 0 radical (unpaired) electrons. The number of fused-ring (bicyclic) bond motifs is 1. The number of nitrogens with zero attached hydrogens (tertiary/aromatic N) is 4. The molecule has 10 heteroatoms. The Morgan fingerprint density at radius 3 is 2.59 bits per heavy atom. The number of nitrogens with one attached hydrogen (secondary N) is 1. The van der Waals surface area contributed by atoms with Crippen molar-refractivity contribution in [3.05, 3.63) is 96.1 Å². The molecule has 0 saturated carbocycles. The number of amides is 1. The molecule has 0 spiro atoms. The first-order valence-electron chi connectivity index (χ1n) is 11.6. The molecule has 0 aliphatic heterocycles. The number of hydrogen-bond acceptors (Lipinski definition) is 7. The molecule has 188 valence electrons. The van der Waals surface area contributed by atoms with E-state index in [0.29, 0.717) is 17.4 Å². The first-order chi connectivity index (χ1) is 17.9. The first-order valence-corrected chi connectivity index (χ1v) is 11.6. The molecule has 37 heavy (non-hydrogen) atoms. The van der Waals surface area contributed by atoms with E-state index in [0.717, 1.165) is 22.2 Å². The molecule has 0 saturated heterocycles. The SMILES string of the molecule is COc1cccc([C@@H](Oc2ccc3c(cnn3-c3ccc(F)cc3)c2)[C@H](C)NC(=O)c2nnc(C)o2)c1. The topological polar surface area (TPSA) is 104 Å². The average Bonchev–Trinajstić information content (AvgIpc) is 3.54. The second-order valence-electron chi connectivity index (χ2n) is 8.46. The van der Waals surface area contributed by atoms with Crippen LogP contribution in [0.4, 0.5) is 4.39 Å². The summed E-state index contributed by atoms with van der Waals surface area (Å²) in [6.45, 7) is 3.44. The van der Waals surface area contributed by atoms with Gasteiger partial charge in [-0.05, 0) is 67.1 Å². The lowest BCUT2D eigenvalue weighted by atomic mass is 10.0. The molecule has 0 unspecified atom stereocenters. The van der Waals surface area contributed by atoms with Gasteiger partial charge in [0.15, 0.2) is 0 Å². The number of halogens is 1. The highest BCUT2D eigenvalue weighted by Gasteiger charge is 2.26. The van der Waals surface area contributed by atoms with Gasteiger partial charge in [-0.25, -0.2) is 9.07 Å². The van der Waals surface area contributed by atoms with Gasteiger partial charge in [-0.1, -0.05) is 12.1 Å². The van der Waals surface area contributed by atoms with Gasteiger partial charge in [0.1, 0.15) is 23.4 Å². The average molecular weight is 502 g/mol. The van der Waals surface area contributed by atoms with Crippen LogP contribution in [-0.4, -0.2) is 39.0 Å². The van der Waals surface area contributed by atoms with Gasteiger partial charge in [-0.3, -0.25) is 4.79 Å². The molecular formula is C27H24FN5O4. The van der Waals surface area contributed by atoms with Crippen molar-refractivity contribution in [3.8, 4) is 17.2 Å². The van der Waals surface area contributed by atoms with Gasteiger partial charge in [-0.15, -0.1) is 10.2 Å². The molecule has 2 aromatic heterocycles. The van der Waals surface area contributed by atoms with Gasteiger partial charge in [0.25, 0.3) is 0 Å². The molecule has 5 aromatic rings. The third-order valence-corrected chi connectivity index (χ3v) is 5.83.